The summed E-state index contributed by atoms with van der Waals surface area (Å²) in [4.78, 5) is 16.8. The molecule has 0 saturated carbocycles. The maximum Gasteiger partial charge on any atom is 0.252 e. The largest absolute Gasteiger partial charge is 0.352 e. The van der Waals surface area contributed by atoms with Crippen LogP contribution in [0.3, 0.4) is 0 Å². The standard InChI is InChI=1S/C17H17IN4OS/c1-11-9-12(2)22(21-11)17-20-13(10-24-17)7-8-19-16(23)14-5-3-4-6-15(14)18/h3-6,9-10H,7-8H2,1-2H3,(H,19,23). The third-order valence-electron chi connectivity index (χ3n) is 3.52. The van der Waals surface area contributed by atoms with Crippen molar-refractivity contribution in [3.63, 3.8) is 0 Å². The van der Waals surface area contributed by atoms with Gasteiger partial charge in [0.25, 0.3) is 5.91 Å². The van der Waals surface area contributed by atoms with Crippen molar-refractivity contribution >= 4 is 39.8 Å². The van der Waals surface area contributed by atoms with Crippen LogP contribution in [-0.4, -0.2) is 27.2 Å². The summed E-state index contributed by atoms with van der Waals surface area (Å²) >= 11 is 3.74. The van der Waals surface area contributed by atoms with Crippen LogP contribution in [0.15, 0.2) is 35.7 Å². The van der Waals surface area contributed by atoms with Crippen molar-refractivity contribution in [2.24, 2.45) is 0 Å². The maximum atomic E-state index is 12.2. The first kappa shape index (κ1) is 17.1. The number of thiazole rings is 1. The molecule has 1 amide bonds. The van der Waals surface area contributed by atoms with E-state index in [0.29, 0.717) is 18.5 Å². The van der Waals surface area contributed by atoms with Crippen molar-refractivity contribution < 1.29 is 4.79 Å². The summed E-state index contributed by atoms with van der Waals surface area (Å²) in [5.74, 6) is -0.0472. The van der Waals surface area contributed by atoms with Crippen molar-refractivity contribution in [2.75, 3.05) is 6.54 Å². The van der Waals surface area contributed by atoms with Gasteiger partial charge in [-0.3, -0.25) is 4.79 Å². The van der Waals surface area contributed by atoms with Crippen molar-refractivity contribution in [3.8, 4) is 5.13 Å². The van der Waals surface area contributed by atoms with Crippen LogP contribution in [0.4, 0.5) is 0 Å². The Bertz CT molecular complexity index is 871. The number of halogens is 1. The molecule has 0 spiro atoms. The molecule has 0 aliphatic rings. The van der Waals surface area contributed by atoms with E-state index in [4.69, 9.17) is 0 Å². The molecule has 2 heterocycles. The number of carbonyl (C=O) groups excluding carboxylic acids is 1. The Balaban J connectivity index is 1.59. The minimum absolute atomic E-state index is 0.0472. The molecule has 7 heteroatoms. The SMILES string of the molecule is Cc1cc(C)n(-c2nc(CCNC(=O)c3ccccc3I)cs2)n1. The molecule has 0 aliphatic carbocycles. The number of nitrogens with zero attached hydrogens (tertiary/aromatic N) is 3. The Morgan fingerprint density at radius 3 is 2.83 bits per heavy atom. The molecule has 0 bridgehead atoms. The van der Waals surface area contributed by atoms with E-state index in [1.165, 1.54) is 0 Å². The van der Waals surface area contributed by atoms with Gasteiger partial charge in [-0.2, -0.15) is 5.10 Å². The van der Waals surface area contributed by atoms with Crippen LogP contribution in [0.1, 0.15) is 27.4 Å². The summed E-state index contributed by atoms with van der Waals surface area (Å²) in [6.45, 7) is 4.55. The molecule has 3 rings (SSSR count). The Labute approximate surface area is 158 Å². The molecule has 0 saturated heterocycles. The summed E-state index contributed by atoms with van der Waals surface area (Å²) in [5.41, 5.74) is 3.72. The summed E-state index contributed by atoms with van der Waals surface area (Å²) in [6, 6.07) is 9.59. The zero-order valence-corrected chi connectivity index (χ0v) is 16.4. The van der Waals surface area contributed by atoms with Gasteiger partial charge in [0.15, 0.2) is 0 Å². The van der Waals surface area contributed by atoms with E-state index in [9.17, 15) is 4.79 Å². The molecule has 0 unspecified atom stereocenters. The molecule has 1 N–H and O–H groups in total. The highest BCUT2D eigenvalue weighted by Gasteiger charge is 2.10. The van der Waals surface area contributed by atoms with Gasteiger partial charge in [0, 0.05) is 27.6 Å². The monoisotopic (exact) mass is 452 g/mol. The van der Waals surface area contributed by atoms with Crippen molar-refractivity contribution in [3.05, 3.63) is 61.9 Å². The van der Waals surface area contributed by atoms with Gasteiger partial charge in [0.05, 0.1) is 17.0 Å². The number of carbonyl (C=O) groups is 1. The zero-order chi connectivity index (χ0) is 17.1. The lowest BCUT2D eigenvalue weighted by Gasteiger charge is -2.05. The van der Waals surface area contributed by atoms with Gasteiger partial charge in [0.2, 0.25) is 5.13 Å². The van der Waals surface area contributed by atoms with Gasteiger partial charge >= 0.3 is 0 Å². The molecular weight excluding hydrogens is 435 g/mol. The number of rotatable bonds is 5. The first-order valence-corrected chi connectivity index (χ1v) is 9.51. The van der Waals surface area contributed by atoms with Gasteiger partial charge in [-0.1, -0.05) is 12.1 Å². The van der Waals surface area contributed by atoms with E-state index in [1.54, 1.807) is 11.3 Å². The van der Waals surface area contributed by atoms with Crippen LogP contribution in [0.2, 0.25) is 0 Å². The third-order valence-corrected chi connectivity index (χ3v) is 5.32. The first-order valence-electron chi connectivity index (χ1n) is 7.55. The number of hydrogen-bond acceptors (Lipinski definition) is 4. The maximum absolute atomic E-state index is 12.2. The Kier molecular flexibility index (Phi) is 5.30. The van der Waals surface area contributed by atoms with Crippen molar-refractivity contribution in [1.82, 2.24) is 20.1 Å². The number of hydrogen-bond donors (Lipinski definition) is 1. The lowest BCUT2D eigenvalue weighted by atomic mass is 10.2. The van der Waals surface area contributed by atoms with Gasteiger partial charge in [0.1, 0.15) is 0 Å². The Morgan fingerprint density at radius 1 is 1.33 bits per heavy atom. The molecule has 0 atom stereocenters. The fraction of sp³-hybridized carbons (Fsp3) is 0.235. The van der Waals surface area contributed by atoms with E-state index < -0.39 is 0 Å². The molecule has 0 fully saturated rings. The third kappa shape index (κ3) is 3.84. The average molecular weight is 452 g/mol. The second kappa shape index (κ2) is 7.43. The molecule has 0 radical (unpaired) electrons. The Hall–Kier alpha value is -1.74. The Morgan fingerprint density at radius 2 is 2.12 bits per heavy atom. The van der Waals surface area contributed by atoms with E-state index in [-0.39, 0.29) is 5.91 Å². The van der Waals surface area contributed by atoms with E-state index >= 15 is 0 Å². The van der Waals surface area contributed by atoms with Gasteiger partial charge in [-0.25, -0.2) is 9.67 Å². The number of benzene rings is 1. The lowest BCUT2D eigenvalue weighted by molar-refractivity contribution is 0.0953. The van der Waals surface area contributed by atoms with Crippen LogP contribution in [0, 0.1) is 17.4 Å². The van der Waals surface area contributed by atoms with Crippen molar-refractivity contribution in [1.29, 1.82) is 0 Å². The summed E-state index contributed by atoms with van der Waals surface area (Å²) < 4.78 is 2.81. The van der Waals surface area contributed by atoms with E-state index in [2.05, 4.69) is 38.0 Å². The second-order valence-corrected chi connectivity index (χ2v) is 7.44. The molecule has 24 heavy (non-hydrogen) atoms. The highest BCUT2D eigenvalue weighted by molar-refractivity contribution is 14.1. The van der Waals surface area contributed by atoms with E-state index in [0.717, 1.165) is 25.8 Å². The van der Waals surface area contributed by atoms with Crippen LogP contribution < -0.4 is 5.32 Å². The normalized spacial score (nSPS) is 10.8. The quantitative estimate of drug-likeness (QED) is 0.603. The summed E-state index contributed by atoms with van der Waals surface area (Å²) in [5, 5.41) is 10.3. The fourth-order valence-electron chi connectivity index (χ4n) is 2.38. The van der Waals surface area contributed by atoms with Gasteiger partial charge < -0.3 is 5.32 Å². The summed E-state index contributed by atoms with van der Waals surface area (Å²) in [7, 11) is 0. The lowest BCUT2D eigenvalue weighted by Crippen LogP contribution is -2.26. The highest BCUT2D eigenvalue weighted by atomic mass is 127. The first-order chi connectivity index (χ1) is 11.5. The molecule has 0 aliphatic heterocycles. The number of aromatic nitrogens is 3. The molecule has 3 aromatic rings. The molecule has 124 valence electrons. The second-order valence-electron chi connectivity index (χ2n) is 5.45. The minimum atomic E-state index is -0.0472. The predicted octanol–water partition coefficient (Wildman–Crippen LogP) is 3.52. The van der Waals surface area contributed by atoms with Crippen molar-refractivity contribution in [2.45, 2.75) is 20.3 Å². The number of aryl methyl sites for hydroxylation is 2. The summed E-state index contributed by atoms with van der Waals surface area (Å²) in [6.07, 6.45) is 0.699. The van der Waals surface area contributed by atoms with E-state index in [1.807, 2.05) is 54.2 Å². The highest BCUT2D eigenvalue weighted by Crippen LogP contribution is 2.17. The smallest absolute Gasteiger partial charge is 0.252 e. The molecule has 2 aromatic heterocycles. The molecule has 1 aromatic carbocycles. The van der Waals surface area contributed by atoms with Crippen LogP contribution >= 0.6 is 33.9 Å². The minimum Gasteiger partial charge on any atom is -0.352 e. The van der Waals surface area contributed by atoms with Crippen LogP contribution in [-0.2, 0) is 6.42 Å². The fourth-order valence-corrected chi connectivity index (χ4v) is 3.87. The number of amides is 1. The topological polar surface area (TPSA) is 59.8 Å². The number of nitrogens with one attached hydrogen (secondary N) is 1. The van der Waals surface area contributed by atoms with Gasteiger partial charge in [-0.05, 0) is 54.6 Å². The zero-order valence-electron chi connectivity index (χ0n) is 13.4. The molecule has 5 nitrogen and oxygen atoms in total. The molecular formula is C17H17IN4OS. The van der Waals surface area contributed by atoms with Gasteiger partial charge in [-0.15, -0.1) is 11.3 Å². The predicted molar refractivity (Wildman–Crippen MR) is 104 cm³/mol. The van der Waals surface area contributed by atoms with Crippen LogP contribution in [0.5, 0.6) is 0 Å². The van der Waals surface area contributed by atoms with Crippen LogP contribution in [0.25, 0.3) is 5.13 Å². The average Bonchev–Trinajstić information content (AvgIpc) is 3.13.